The fourth-order valence-electron chi connectivity index (χ4n) is 2.16. The predicted octanol–water partition coefficient (Wildman–Crippen LogP) is 2.81. The molecule has 2 rings (SSSR count). The monoisotopic (exact) mass is 344 g/mol. The molecule has 1 aliphatic carbocycles. The Balaban J connectivity index is 2.10. The van der Waals surface area contributed by atoms with Gasteiger partial charge in [0.1, 0.15) is 0 Å². The van der Waals surface area contributed by atoms with E-state index in [1.54, 1.807) is 0 Å². The number of benzene rings is 1. The van der Waals surface area contributed by atoms with Gasteiger partial charge in [0.15, 0.2) is 0 Å². The van der Waals surface area contributed by atoms with Gasteiger partial charge in [0, 0.05) is 9.26 Å². The smallest absolute Gasteiger partial charge is 0.244 e. The molecule has 1 amide bonds. The van der Waals surface area contributed by atoms with Crippen molar-refractivity contribution in [2.75, 3.05) is 5.32 Å². The maximum atomic E-state index is 12.1. The van der Waals surface area contributed by atoms with Gasteiger partial charge in [0.05, 0.1) is 5.54 Å². The van der Waals surface area contributed by atoms with Gasteiger partial charge in [-0.05, 0) is 60.1 Å². The van der Waals surface area contributed by atoms with Crippen LogP contribution in [-0.4, -0.2) is 11.4 Å². The molecule has 4 heteroatoms. The summed E-state index contributed by atoms with van der Waals surface area (Å²) < 4.78 is 1.15. The number of hydrogen-bond acceptors (Lipinski definition) is 2. The SMILES string of the molecule is Cc1ccc(NC(=O)C2(N)CCCC2)cc1I. The van der Waals surface area contributed by atoms with Crippen LogP contribution in [0.25, 0.3) is 0 Å². The van der Waals surface area contributed by atoms with Crippen LogP contribution in [0, 0.1) is 10.5 Å². The van der Waals surface area contributed by atoms with Gasteiger partial charge >= 0.3 is 0 Å². The van der Waals surface area contributed by atoms with E-state index < -0.39 is 5.54 Å². The first-order valence-corrected chi connectivity index (χ1v) is 6.96. The third kappa shape index (κ3) is 2.80. The molecule has 1 aromatic carbocycles. The van der Waals surface area contributed by atoms with Gasteiger partial charge in [0.2, 0.25) is 5.91 Å². The molecule has 0 radical (unpaired) electrons. The Labute approximate surface area is 115 Å². The van der Waals surface area contributed by atoms with Crippen molar-refractivity contribution in [1.82, 2.24) is 0 Å². The van der Waals surface area contributed by atoms with Crippen molar-refractivity contribution in [1.29, 1.82) is 0 Å². The van der Waals surface area contributed by atoms with E-state index in [1.165, 1.54) is 5.56 Å². The molecule has 0 atom stereocenters. The summed E-state index contributed by atoms with van der Waals surface area (Å²) in [5.74, 6) is -0.0466. The standard InChI is InChI=1S/C13H17IN2O/c1-9-4-5-10(8-11(9)14)16-12(17)13(15)6-2-3-7-13/h4-5,8H,2-3,6-7,15H2,1H3,(H,16,17). The fraction of sp³-hybridized carbons (Fsp3) is 0.462. The lowest BCUT2D eigenvalue weighted by atomic mass is 9.98. The summed E-state index contributed by atoms with van der Waals surface area (Å²) in [5, 5.41) is 2.92. The molecule has 92 valence electrons. The highest BCUT2D eigenvalue weighted by Crippen LogP contribution is 2.28. The van der Waals surface area contributed by atoms with Gasteiger partial charge in [-0.3, -0.25) is 4.79 Å². The number of rotatable bonds is 2. The van der Waals surface area contributed by atoms with E-state index in [4.69, 9.17) is 5.73 Å². The summed E-state index contributed by atoms with van der Waals surface area (Å²) >= 11 is 2.27. The number of nitrogens with one attached hydrogen (secondary N) is 1. The first-order valence-electron chi connectivity index (χ1n) is 5.88. The minimum Gasteiger partial charge on any atom is -0.324 e. The Morgan fingerprint density at radius 3 is 2.65 bits per heavy atom. The van der Waals surface area contributed by atoms with Crippen molar-refractivity contribution in [3.63, 3.8) is 0 Å². The van der Waals surface area contributed by atoms with Crippen LogP contribution in [0.15, 0.2) is 18.2 Å². The Morgan fingerprint density at radius 1 is 1.41 bits per heavy atom. The van der Waals surface area contributed by atoms with Crippen LogP contribution in [0.5, 0.6) is 0 Å². The molecule has 0 bridgehead atoms. The fourth-order valence-corrected chi connectivity index (χ4v) is 2.67. The van der Waals surface area contributed by atoms with Crippen molar-refractivity contribution < 1.29 is 4.79 Å². The van der Waals surface area contributed by atoms with E-state index in [0.717, 1.165) is 34.9 Å². The van der Waals surface area contributed by atoms with Crippen molar-refractivity contribution in [2.45, 2.75) is 38.1 Å². The number of halogens is 1. The minimum atomic E-state index is -0.656. The normalized spacial score (nSPS) is 18.1. The second-order valence-corrected chi connectivity index (χ2v) is 5.94. The number of anilines is 1. The topological polar surface area (TPSA) is 55.1 Å². The highest BCUT2D eigenvalue weighted by molar-refractivity contribution is 14.1. The van der Waals surface area contributed by atoms with E-state index in [9.17, 15) is 4.79 Å². The number of carbonyl (C=O) groups is 1. The summed E-state index contributed by atoms with van der Waals surface area (Å²) in [6, 6.07) is 5.91. The number of aryl methyl sites for hydroxylation is 1. The van der Waals surface area contributed by atoms with Crippen LogP contribution in [0.3, 0.4) is 0 Å². The van der Waals surface area contributed by atoms with E-state index in [2.05, 4.69) is 34.8 Å². The van der Waals surface area contributed by atoms with Crippen LogP contribution < -0.4 is 11.1 Å². The lowest BCUT2D eigenvalue weighted by Gasteiger charge is -2.22. The number of carbonyl (C=O) groups excluding carboxylic acids is 1. The van der Waals surface area contributed by atoms with E-state index in [0.29, 0.717) is 0 Å². The second kappa shape index (κ2) is 4.94. The molecule has 0 unspecified atom stereocenters. The molecule has 0 spiro atoms. The summed E-state index contributed by atoms with van der Waals surface area (Å²) in [5.41, 5.74) is 7.50. The van der Waals surface area contributed by atoms with Crippen molar-refractivity contribution >= 4 is 34.2 Å². The third-order valence-corrected chi connectivity index (χ3v) is 4.54. The second-order valence-electron chi connectivity index (χ2n) is 4.78. The van der Waals surface area contributed by atoms with Gasteiger partial charge < -0.3 is 11.1 Å². The Morgan fingerprint density at radius 2 is 2.06 bits per heavy atom. The maximum Gasteiger partial charge on any atom is 0.244 e. The molecule has 1 aromatic rings. The van der Waals surface area contributed by atoms with Crippen LogP contribution in [0.2, 0.25) is 0 Å². The van der Waals surface area contributed by atoms with E-state index in [-0.39, 0.29) is 5.91 Å². The molecule has 0 heterocycles. The summed E-state index contributed by atoms with van der Waals surface area (Å²) in [6.07, 6.45) is 3.69. The highest BCUT2D eigenvalue weighted by atomic mass is 127. The molecule has 1 saturated carbocycles. The molecule has 1 fully saturated rings. The molecule has 0 aromatic heterocycles. The number of amides is 1. The van der Waals surface area contributed by atoms with Crippen LogP contribution in [0.4, 0.5) is 5.69 Å². The molecule has 3 nitrogen and oxygen atoms in total. The summed E-state index contributed by atoms with van der Waals surface area (Å²) in [4.78, 5) is 12.1. The molecule has 17 heavy (non-hydrogen) atoms. The van der Waals surface area contributed by atoms with Gasteiger partial charge in [-0.25, -0.2) is 0 Å². The van der Waals surface area contributed by atoms with E-state index in [1.807, 2.05) is 18.2 Å². The summed E-state index contributed by atoms with van der Waals surface area (Å²) in [7, 11) is 0. The minimum absolute atomic E-state index is 0.0466. The number of hydrogen-bond donors (Lipinski definition) is 2. The summed E-state index contributed by atoms with van der Waals surface area (Å²) in [6.45, 7) is 2.05. The van der Waals surface area contributed by atoms with Gasteiger partial charge in [0.25, 0.3) is 0 Å². The van der Waals surface area contributed by atoms with E-state index >= 15 is 0 Å². The molecule has 1 aliphatic rings. The zero-order chi connectivity index (χ0) is 12.5. The van der Waals surface area contributed by atoms with Crippen LogP contribution in [0.1, 0.15) is 31.2 Å². The van der Waals surface area contributed by atoms with Crippen LogP contribution >= 0.6 is 22.6 Å². The Bertz CT molecular complexity index is 439. The quantitative estimate of drug-likeness (QED) is 0.811. The first-order chi connectivity index (χ1) is 8.01. The van der Waals surface area contributed by atoms with Gasteiger partial charge in [-0.15, -0.1) is 0 Å². The highest BCUT2D eigenvalue weighted by Gasteiger charge is 2.36. The van der Waals surface area contributed by atoms with Crippen molar-refractivity contribution in [2.24, 2.45) is 5.73 Å². The Hall–Kier alpha value is -0.620. The average Bonchev–Trinajstić information content (AvgIpc) is 2.72. The van der Waals surface area contributed by atoms with Crippen molar-refractivity contribution in [3.05, 3.63) is 27.3 Å². The molecule has 3 N–H and O–H groups in total. The van der Waals surface area contributed by atoms with Gasteiger partial charge in [-0.2, -0.15) is 0 Å². The largest absolute Gasteiger partial charge is 0.324 e. The zero-order valence-corrected chi connectivity index (χ0v) is 12.1. The van der Waals surface area contributed by atoms with Gasteiger partial charge in [-0.1, -0.05) is 18.9 Å². The Kier molecular flexibility index (Phi) is 3.73. The molecular weight excluding hydrogens is 327 g/mol. The number of nitrogens with two attached hydrogens (primary N) is 1. The lowest BCUT2D eigenvalue weighted by Crippen LogP contribution is -2.48. The molecule has 0 saturated heterocycles. The van der Waals surface area contributed by atoms with Crippen molar-refractivity contribution in [3.8, 4) is 0 Å². The molecule has 0 aliphatic heterocycles. The third-order valence-electron chi connectivity index (χ3n) is 3.38. The predicted molar refractivity (Wildman–Crippen MR) is 77.9 cm³/mol. The average molecular weight is 344 g/mol. The lowest BCUT2D eigenvalue weighted by molar-refractivity contribution is -0.121. The molecular formula is C13H17IN2O. The van der Waals surface area contributed by atoms with Crippen LogP contribution in [-0.2, 0) is 4.79 Å². The maximum absolute atomic E-state index is 12.1. The zero-order valence-electron chi connectivity index (χ0n) is 9.92. The first kappa shape index (κ1) is 12.8.